The molecule has 0 aliphatic heterocycles. The van der Waals surface area contributed by atoms with Crippen molar-refractivity contribution in [1.29, 1.82) is 0 Å². The minimum Gasteiger partial charge on any atom is -0.490 e. The fraction of sp³-hybridized carbons (Fsp3) is 0.200. The molecular weight excluding hydrogens is 346 g/mol. The van der Waals surface area contributed by atoms with Gasteiger partial charge in [-0.1, -0.05) is 24.3 Å². The lowest BCUT2D eigenvalue weighted by molar-refractivity contribution is -0.123. The number of hydrogen-bond donors (Lipinski definition) is 3. The second kappa shape index (κ2) is 8.27. The van der Waals surface area contributed by atoms with Gasteiger partial charge in [0.2, 0.25) is 0 Å². The lowest BCUT2D eigenvalue weighted by atomic mass is 10.2. The van der Waals surface area contributed by atoms with E-state index < -0.39 is 11.8 Å². The molecule has 7 nitrogen and oxygen atoms in total. The molecule has 0 saturated carbocycles. The van der Waals surface area contributed by atoms with E-state index in [0.29, 0.717) is 23.8 Å². The summed E-state index contributed by atoms with van der Waals surface area (Å²) in [5.74, 6) is 0.102. The van der Waals surface area contributed by atoms with Crippen LogP contribution in [0.3, 0.4) is 0 Å². The minimum absolute atomic E-state index is 0.254. The van der Waals surface area contributed by atoms with Gasteiger partial charge in [0.05, 0.1) is 6.61 Å². The van der Waals surface area contributed by atoms with Gasteiger partial charge in [0, 0.05) is 10.9 Å². The van der Waals surface area contributed by atoms with E-state index in [4.69, 9.17) is 9.47 Å². The van der Waals surface area contributed by atoms with E-state index in [1.54, 1.807) is 24.3 Å². The average molecular weight is 367 g/mol. The summed E-state index contributed by atoms with van der Waals surface area (Å²) in [6.07, 6.45) is 0. The summed E-state index contributed by atoms with van der Waals surface area (Å²) in [5.41, 5.74) is 7.02. The number of para-hydroxylation sites is 2. The number of nitrogens with one attached hydrogen (secondary N) is 3. The second-order valence-electron chi connectivity index (χ2n) is 5.94. The number of amides is 2. The number of aromatic nitrogens is 1. The molecule has 0 saturated heterocycles. The van der Waals surface area contributed by atoms with Gasteiger partial charge in [0.1, 0.15) is 5.69 Å². The first-order valence-electron chi connectivity index (χ1n) is 8.60. The Balaban J connectivity index is 1.53. The molecule has 0 aliphatic rings. The maximum atomic E-state index is 12.2. The number of carbonyl (C=O) groups excluding carboxylic acids is 2. The van der Waals surface area contributed by atoms with Crippen LogP contribution in [0.25, 0.3) is 10.9 Å². The van der Waals surface area contributed by atoms with Crippen LogP contribution in [0.2, 0.25) is 0 Å². The lowest BCUT2D eigenvalue weighted by Gasteiger charge is -2.11. The Morgan fingerprint density at radius 2 is 1.74 bits per heavy atom. The van der Waals surface area contributed by atoms with Crippen molar-refractivity contribution >= 4 is 22.7 Å². The summed E-state index contributed by atoms with van der Waals surface area (Å²) in [5, 5.41) is 0.924. The van der Waals surface area contributed by atoms with Crippen LogP contribution in [0, 0.1) is 6.92 Å². The zero-order valence-electron chi connectivity index (χ0n) is 15.2. The Labute approximate surface area is 156 Å². The van der Waals surface area contributed by atoms with Crippen LogP contribution in [0.4, 0.5) is 0 Å². The number of H-pyrrole nitrogens is 1. The standard InChI is InChI=1S/C20H21N3O4/c1-3-26-17-6-4-5-7-18(17)27-12-19(24)22-23-20(25)16-11-14-9-8-13(2)10-15(14)21-16/h4-11,21H,3,12H2,1-2H3,(H,22,24)(H,23,25). The van der Waals surface area contributed by atoms with Crippen molar-refractivity contribution in [1.82, 2.24) is 15.8 Å². The van der Waals surface area contributed by atoms with Gasteiger partial charge in [-0.05, 0) is 43.7 Å². The number of aryl methyl sites for hydroxylation is 1. The predicted molar refractivity (Wildman–Crippen MR) is 102 cm³/mol. The van der Waals surface area contributed by atoms with E-state index in [9.17, 15) is 9.59 Å². The third-order valence-corrected chi connectivity index (χ3v) is 3.85. The van der Waals surface area contributed by atoms with Crippen LogP contribution in [0.1, 0.15) is 23.0 Å². The molecule has 3 aromatic rings. The number of aromatic amines is 1. The van der Waals surface area contributed by atoms with E-state index >= 15 is 0 Å². The zero-order chi connectivity index (χ0) is 19.2. The van der Waals surface area contributed by atoms with Crippen LogP contribution in [-0.4, -0.2) is 30.0 Å². The molecule has 0 unspecified atom stereocenters. The molecule has 1 aromatic heterocycles. The van der Waals surface area contributed by atoms with Crippen LogP contribution in [0.15, 0.2) is 48.5 Å². The Kier molecular flexibility index (Phi) is 5.61. The number of hydrogen-bond acceptors (Lipinski definition) is 4. The molecule has 0 atom stereocenters. The molecule has 140 valence electrons. The molecule has 3 rings (SSSR count). The molecule has 0 spiro atoms. The first-order valence-corrected chi connectivity index (χ1v) is 8.60. The topological polar surface area (TPSA) is 92.4 Å². The largest absolute Gasteiger partial charge is 0.490 e. The molecule has 0 radical (unpaired) electrons. The van der Waals surface area contributed by atoms with Crippen LogP contribution in [-0.2, 0) is 4.79 Å². The normalized spacial score (nSPS) is 10.4. The molecule has 2 aromatic carbocycles. The highest BCUT2D eigenvalue weighted by Gasteiger charge is 2.12. The Morgan fingerprint density at radius 3 is 2.48 bits per heavy atom. The van der Waals surface area contributed by atoms with E-state index in [2.05, 4.69) is 15.8 Å². The van der Waals surface area contributed by atoms with Crippen molar-refractivity contribution in [3.8, 4) is 11.5 Å². The first-order chi connectivity index (χ1) is 13.1. The Bertz CT molecular complexity index is 965. The monoisotopic (exact) mass is 367 g/mol. The van der Waals surface area contributed by atoms with E-state index in [1.165, 1.54) is 0 Å². The molecule has 0 bridgehead atoms. The van der Waals surface area contributed by atoms with Gasteiger partial charge in [0.15, 0.2) is 18.1 Å². The van der Waals surface area contributed by atoms with E-state index in [1.807, 2.05) is 38.1 Å². The number of benzene rings is 2. The summed E-state index contributed by atoms with van der Waals surface area (Å²) < 4.78 is 10.9. The molecule has 1 heterocycles. The van der Waals surface area contributed by atoms with Crippen molar-refractivity contribution in [2.45, 2.75) is 13.8 Å². The van der Waals surface area contributed by atoms with Crippen molar-refractivity contribution in [3.63, 3.8) is 0 Å². The summed E-state index contributed by atoms with van der Waals surface area (Å²) in [6.45, 7) is 4.08. The van der Waals surface area contributed by atoms with Crippen LogP contribution < -0.4 is 20.3 Å². The van der Waals surface area contributed by atoms with Gasteiger partial charge in [-0.25, -0.2) is 0 Å². The Hall–Kier alpha value is -3.48. The highest BCUT2D eigenvalue weighted by Crippen LogP contribution is 2.26. The predicted octanol–water partition coefficient (Wildman–Crippen LogP) is 2.72. The van der Waals surface area contributed by atoms with E-state index in [-0.39, 0.29) is 6.61 Å². The average Bonchev–Trinajstić information content (AvgIpc) is 3.09. The van der Waals surface area contributed by atoms with E-state index in [0.717, 1.165) is 16.5 Å². The molecule has 3 N–H and O–H groups in total. The number of ether oxygens (including phenoxy) is 2. The van der Waals surface area contributed by atoms with Crippen molar-refractivity contribution < 1.29 is 19.1 Å². The number of hydrazine groups is 1. The van der Waals surface area contributed by atoms with Gasteiger partial charge in [-0.15, -0.1) is 0 Å². The van der Waals surface area contributed by atoms with Crippen molar-refractivity contribution in [2.75, 3.05) is 13.2 Å². The second-order valence-corrected chi connectivity index (χ2v) is 5.94. The molecule has 2 amide bonds. The van der Waals surface area contributed by atoms with Crippen LogP contribution >= 0.6 is 0 Å². The van der Waals surface area contributed by atoms with Crippen molar-refractivity contribution in [3.05, 3.63) is 59.8 Å². The third kappa shape index (κ3) is 4.58. The quantitative estimate of drug-likeness (QED) is 0.584. The van der Waals surface area contributed by atoms with Gasteiger partial charge in [-0.2, -0.15) is 0 Å². The highest BCUT2D eigenvalue weighted by atomic mass is 16.5. The lowest BCUT2D eigenvalue weighted by Crippen LogP contribution is -2.43. The maximum Gasteiger partial charge on any atom is 0.286 e. The molecular formula is C20H21N3O4. The maximum absolute atomic E-state index is 12.2. The number of fused-ring (bicyclic) bond motifs is 1. The highest BCUT2D eigenvalue weighted by molar-refractivity contribution is 5.98. The fourth-order valence-corrected chi connectivity index (χ4v) is 2.58. The van der Waals surface area contributed by atoms with Crippen LogP contribution in [0.5, 0.6) is 11.5 Å². The zero-order valence-corrected chi connectivity index (χ0v) is 15.2. The summed E-state index contributed by atoms with van der Waals surface area (Å²) >= 11 is 0. The van der Waals surface area contributed by atoms with Gasteiger partial charge in [-0.3, -0.25) is 20.4 Å². The molecule has 0 fully saturated rings. The van der Waals surface area contributed by atoms with Crippen molar-refractivity contribution in [2.24, 2.45) is 0 Å². The SMILES string of the molecule is CCOc1ccccc1OCC(=O)NNC(=O)c1cc2ccc(C)cc2[nH]1. The fourth-order valence-electron chi connectivity index (χ4n) is 2.58. The Morgan fingerprint density at radius 1 is 1.00 bits per heavy atom. The smallest absolute Gasteiger partial charge is 0.286 e. The van der Waals surface area contributed by atoms with Gasteiger partial charge >= 0.3 is 0 Å². The van der Waals surface area contributed by atoms with Gasteiger partial charge < -0.3 is 14.5 Å². The first kappa shape index (κ1) is 18.3. The third-order valence-electron chi connectivity index (χ3n) is 3.85. The number of carbonyl (C=O) groups is 2. The van der Waals surface area contributed by atoms with Gasteiger partial charge in [0.25, 0.3) is 11.8 Å². The molecule has 7 heteroatoms. The number of rotatable bonds is 6. The summed E-state index contributed by atoms with van der Waals surface area (Å²) in [7, 11) is 0. The minimum atomic E-state index is -0.485. The molecule has 0 aliphatic carbocycles. The summed E-state index contributed by atoms with van der Waals surface area (Å²) in [4.78, 5) is 27.2. The summed E-state index contributed by atoms with van der Waals surface area (Å²) in [6, 6.07) is 14.7. The molecule has 27 heavy (non-hydrogen) atoms.